The van der Waals surface area contributed by atoms with Gasteiger partial charge in [0.05, 0.1) is 18.5 Å². The van der Waals surface area contributed by atoms with Crippen molar-refractivity contribution in [1.29, 1.82) is 0 Å². The minimum absolute atomic E-state index is 0.278. The van der Waals surface area contributed by atoms with Crippen LogP contribution in [-0.4, -0.2) is 22.1 Å². The molecule has 0 radical (unpaired) electrons. The molecule has 0 saturated heterocycles. The van der Waals surface area contributed by atoms with Gasteiger partial charge < -0.3 is 10.1 Å². The molecule has 0 saturated carbocycles. The average Bonchev–Trinajstić information content (AvgIpc) is 2.75. The number of anilines is 2. The van der Waals surface area contributed by atoms with Gasteiger partial charge in [0.25, 0.3) is 0 Å². The minimum atomic E-state index is -0.278. The number of ether oxygens (including phenoxy) is 1. The number of rotatable bonds is 5. The number of nitrogens with zero attached hydrogens (tertiary/aromatic N) is 3. The van der Waals surface area contributed by atoms with Crippen molar-refractivity contribution in [2.45, 2.75) is 0 Å². The summed E-state index contributed by atoms with van der Waals surface area (Å²) in [4.78, 5) is 13.4. The molecule has 1 N–H and O–H groups in total. The van der Waals surface area contributed by atoms with Crippen LogP contribution in [0.3, 0.4) is 0 Å². The number of aromatic nitrogens is 3. The Hall–Kier alpha value is -3.80. The first kappa shape index (κ1) is 17.6. The normalized spacial score (nSPS) is 10.5. The van der Waals surface area contributed by atoms with Crippen molar-refractivity contribution in [1.82, 2.24) is 15.0 Å². The zero-order valence-corrected chi connectivity index (χ0v) is 15.1. The molecule has 0 fully saturated rings. The fourth-order valence-corrected chi connectivity index (χ4v) is 2.79. The molecule has 0 spiro atoms. The van der Waals surface area contributed by atoms with Crippen molar-refractivity contribution in [3.63, 3.8) is 0 Å². The Morgan fingerprint density at radius 1 is 0.857 bits per heavy atom. The number of hydrogen-bond donors (Lipinski definition) is 1. The van der Waals surface area contributed by atoms with Gasteiger partial charge in [-0.05, 0) is 54.1 Å². The molecule has 0 atom stereocenters. The molecule has 0 aliphatic heterocycles. The van der Waals surface area contributed by atoms with Gasteiger partial charge in [-0.3, -0.25) is 4.98 Å². The maximum absolute atomic E-state index is 13.4. The molecule has 4 aromatic rings. The lowest BCUT2D eigenvalue weighted by Gasteiger charge is -2.11. The van der Waals surface area contributed by atoms with Gasteiger partial charge in [0, 0.05) is 18.0 Å². The van der Waals surface area contributed by atoms with Gasteiger partial charge in [0.15, 0.2) is 11.6 Å². The van der Waals surface area contributed by atoms with Gasteiger partial charge in [0.1, 0.15) is 11.6 Å². The van der Waals surface area contributed by atoms with E-state index < -0.39 is 0 Å². The number of pyridine rings is 3. The van der Waals surface area contributed by atoms with Gasteiger partial charge in [-0.2, -0.15) is 0 Å². The molecule has 0 unspecified atom stereocenters. The Bertz CT molecular complexity index is 1090. The van der Waals surface area contributed by atoms with Crippen LogP contribution in [0.5, 0.6) is 5.75 Å². The number of methoxy groups -OCH3 is 1. The first-order valence-corrected chi connectivity index (χ1v) is 8.68. The van der Waals surface area contributed by atoms with E-state index in [1.165, 1.54) is 12.1 Å². The van der Waals surface area contributed by atoms with Crippen molar-refractivity contribution in [3.8, 4) is 28.3 Å². The van der Waals surface area contributed by atoms with Crippen molar-refractivity contribution >= 4 is 11.6 Å². The molecule has 0 aliphatic rings. The van der Waals surface area contributed by atoms with E-state index in [9.17, 15) is 4.39 Å². The smallest absolute Gasteiger partial charge is 0.175 e. The van der Waals surface area contributed by atoms with Gasteiger partial charge in [0.2, 0.25) is 0 Å². The number of hydrogen-bond acceptors (Lipinski definition) is 5. The van der Waals surface area contributed by atoms with E-state index in [-0.39, 0.29) is 5.82 Å². The lowest BCUT2D eigenvalue weighted by Crippen LogP contribution is -2.00. The summed E-state index contributed by atoms with van der Waals surface area (Å²) in [5.41, 5.74) is 3.09. The predicted molar refractivity (Wildman–Crippen MR) is 107 cm³/mol. The Kier molecular flexibility index (Phi) is 4.93. The summed E-state index contributed by atoms with van der Waals surface area (Å²) in [5.74, 6) is 1.46. The first-order valence-electron chi connectivity index (χ1n) is 8.68. The Labute approximate surface area is 161 Å². The summed E-state index contributed by atoms with van der Waals surface area (Å²) >= 11 is 0. The average molecular weight is 372 g/mol. The van der Waals surface area contributed by atoms with Crippen LogP contribution in [0, 0.1) is 5.82 Å². The van der Waals surface area contributed by atoms with Crippen LogP contribution in [0.4, 0.5) is 16.0 Å². The van der Waals surface area contributed by atoms with Crippen LogP contribution in [0.25, 0.3) is 22.5 Å². The quantitative estimate of drug-likeness (QED) is 0.528. The maximum Gasteiger partial charge on any atom is 0.175 e. The number of halogens is 1. The highest BCUT2D eigenvalue weighted by Gasteiger charge is 2.10. The third-order valence-electron chi connectivity index (χ3n) is 4.17. The molecule has 6 heteroatoms. The molecule has 4 rings (SSSR count). The molecular weight excluding hydrogens is 355 g/mol. The number of benzene rings is 1. The molecule has 5 nitrogen and oxygen atoms in total. The predicted octanol–water partition coefficient (Wildman–Crippen LogP) is 5.10. The molecule has 138 valence electrons. The Morgan fingerprint density at radius 2 is 1.79 bits per heavy atom. The summed E-state index contributed by atoms with van der Waals surface area (Å²) in [6.45, 7) is 0. The van der Waals surface area contributed by atoms with E-state index in [0.29, 0.717) is 17.4 Å². The second-order valence-corrected chi connectivity index (χ2v) is 6.03. The summed E-state index contributed by atoms with van der Waals surface area (Å²) in [7, 11) is 1.59. The maximum atomic E-state index is 13.4. The summed E-state index contributed by atoms with van der Waals surface area (Å²) < 4.78 is 18.8. The second kappa shape index (κ2) is 7.84. The van der Waals surface area contributed by atoms with E-state index >= 15 is 0 Å². The Balaban J connectivity index is 1.61. The number of nitrogens with one attached hydrogen (secondary N) is 1. The fraction of sp³-hybridized carbons (Fsp3) is 0.0455. The molecule has 0 aliphatic carbocycles. The third kappa shape index (κ3) is 3.81. The fourth-order valence-electron chi connectivity index (χ4n) is 2.79. The molecule has 1 aromatic carbocycles. The van der Waals surface area contributed by atoms with Gasteiger partial charge in [-0.25, -0.2) is 14.4 Å². The second-order valence-electron chi connectivity index (χ2n) is 6.03. The zero-order chi connectivity index (χ0) is 19.3. The van der Waals surface area contributed by atoms with Crippen LogP contribution in [0.1, 0.15) is 0 Å². The minimum Gasteiger partial charge on any atom is -0.493 e. The van der Waals surface area contributed by atoms with Crippen LogP contribution in [0.15, 0.2) is 79.1 Å². The molecule has 28 heavy (non-hydrogen) atoms. The monoisotopic (exact) mass is 372 g/mol. The van der Waals surface area contributed by atoms with Gasteiger partial charge in [-0.15, -0.1) is 0 Å². The Morgan fingerprint density at radius 3 is 2.50 bits per heavy atom. The highest BCUT2D eigenvalue weighted by molar-refractivity contribution is 5.68. The molecule has 3 aromatic heterocycles. The van der Waals surface area contributed by atoms with E-state index in [4.69, 9.17) is 4.74 Å². The van der Waals surface area contributed by atoms with Crippen LogP contribution in [0.2, 0.25) is 0 Å². The summed E-state index contributed by atoms with van der Waals surface area (Å²) in [5, 5.41) is 3.17. The third-order valence-corrected chi connectivity index (χ3v) is 4.17. The van der Waals surface area contributed by atoms with E-state index in [1.807, 2.05) is 48.5 Å². The highest BCUT2D eigenvalue weighted by atomic mass is 19.1. The van der Waals surface area contributed by atoms with Gasteiger partial charge in [-0.1, -0.05) is 18.2 Å². The molecule has 0 amide bonds. The van der Waals surface area contributed by atoms with Crippen LogP contribution >= 0.6 is 0 Å². The largest absolute Gasteiger partial charge is 0.493 e. The molecule has 3 heterocycles. The van der Waals surface area contributed by atoms with Crippen LogP contribution in [-0.2, 0) is 0 Å². The highest BCUT2D eigenvalue weighted by Crippen LogP contribution is 2.29. The molecule has 0 bridgehead atoms. The lowest BCUT2D eigenvalue weighted by molar-refractivity contribution is 0.415. The van der Waals surface area contributed by atoms with Crippen molar-refractivity contribution in [2.24, 2.45) is 0 Å². The topological polar surface area (TPSA) is 59.9 Å². The zero-order valence-electron chi connectivity index (χ0n) is 15.1. The SMILES string of the molecule is COc1ccc(-c2ccccn2)nc1Nc1ccc(-c2cccc(F)c2)cn1. The van der Waals surface area contributed by atoms with Gasteiger partial charge >= 0.3 is 0 Å². The van der Waals surface area contributed by atoms with E-state index in [2.05, 4.69) is 20.3 Å². The molecular formula is C22H17FN4O. The van der Waals surface area contributed by atoms with E-state index in [0.717, 1.165) is 22.5 Å². The van der Waals surface area contributed by atoms with E-state index in [1.54, 1.807) is 25.6 Å². The van der Waals surface area contributed by atoms with Crippen molar-refractivity contribution in [2.75, 3.05) is 12.4 Å². The standard InChI is InChI=1S/C22H17FN4O/c1-28-20-10-9-19(18-7-2-3-12-24-18)26-22(20)27-21-11-8-16(14-25-21)15-5-4-6-17(23)13-15/h2-14H,1H3,(H,25,26,27). The summed E-state index contributed by atoms with van der Waals surface area (Å²) in [6, 6.07) is 19.4. The lowest BCUT2D eigenvalue weighted by atomic mass is 10.1. The summed E-state index contributed by atoms with van der Waals surface area (Å²) in [6.07, 6.45) is 3.41. The first-order chi connectivity index (χ1) is 13.7. The van der Waals surface area contributed by atoms with Crippen LogP contribution < -0.4 is 10.1 Å². The van der Waals surface area contributed by atoms with Crippen molar-refractivity contribution in [3.05, 3.63) is 84.9 Å². The van der Waals surface area contributed by atoms with Crippen molar-refractivity contribution < 1.29 is 9.13 Å².